The fraction of sp³-hybridized carbons (Fsp3) is 0.600. The van der Waals surface area contributed by atoms with Crippen molar-refractivity contribution >= 4 is 11.7 Å². The number of ketones is 1. The van der Waals surface area contributed by atoms with Crippen molar-refractivity contribution in [3.8, 4) is 0 Å². The molecule has 3 atom stereocenters. The van der Waals surface area contributed by atoms with E-state index in [0.29, 0.717) is 38.3 Å². The van der Waals surface area contributed by atoms with Crippen LogP contribution in [-0.2, 0) is 14.3 Å². The summed E-state index contributed by atoms with van der Waals surface area (Å²) in [5, 5.41) is 0. The van der Waals surface area contributed by atoms with Crippen molar-refractivity contribution in [2.24, 2.45) is 17.8 Å². The Kier molecular flexibility index (Phi) is 4.59. The minimum Gasteiger partial charge on any atom is -0.370 e. The van der Waals surface area contributed by atoms with Crippen molar-refractivity contribution in [2.45, 2.75) is 38.2 Å². The highest BCUT2D eigenvalue weighted by atomic mass is 19.1. The molecule has 0 spiro atoms. The zero-order valence-electron chi connectivity index (χ0n) is 14.3. The van der Waals surface area contributed by atoms with Gasteiger partial charge in [0.1, 0.15) is 17.7 Å². The lowest BCUT2D eigenvalue weighted by atomic mass is 9.67. The minimum absolute atomic E-state index is 0.0278. The summed E-state index contributed by atoms with van der Waals surface area (Å²) in [4.78, 5) is 27.1. The number of halogens is 1. The van der Waals surface area contributed by atoms with E-state index in [1.807, 2.05) is 4.90 Å². The third kappa shape index (κ3) is 3.34. The third-order valence-electron chi connectivity index (χ3n) is 6.02. The van der Waals surface area contributed by atoms with Gasteiger partial charge in [0.05, 0.1) is 13.2 Å². The molecule has 1 aliphatic heterocycles. The molecule has 1 aromatic rings. The molecule has 5 heteroatoms. The fourth-order valence-corrected chi connectivity index (χ4v) is 4.67. The van der Waals surface area contributed by atoms with Crippen LogP contribution < -0.4 is 0 Å². The van der Waals surface area contributed by atoms with Gasteiger partial charge in [0.25, 0.3) is 0 Å². The highest BCUT2D eigenvalue weighted by Gasteiger charge is 2.42. The summed E-state index contributed by atoms with van der Waals surface area (Å²) < 4.78 is 18.9. The van der Waals surface area contributed by atoms with Crippen LogP contribution in [0.4, 0.5) is 4.39 Å². The maximum atomic E-state index is 13.1. The molecule has 1 saturated heterocycles. The zero-order valence-corrected chi connectivity index (χ0v) is 14.3. The van der Waals surface area contributed by atoms with Gasteiger partial charge in [-0.05, 0) is 43.4 Å². The SMILES string of the molecule is O=C1[C@H]2CCC[C@H]1CC(C(=O)N1CCO[C@H](c3ccc(F)cc3)C1)C2. The number of nitrogens with zero attached hydrogens (tertiary/aromatic N) is 1. The molecule has 4 rings (SSSR count). The second-order valence-corrected chi connectivity index (χ2v) is 7.59. The monoisotopic (exact) mass is 345 g/mol. The Morgan fingerprint density at radius 1 is 1.12 bits per heavy atom. The molecule has 1 amide bonds. The van der Waals surface area contributed by atoms with E-state index < -0.39 is 0 Å². The quantitative estimate of drug-likeness (QED) is 0.827. The Morgan fingerprint density at radius 2 is 1.80 bits per heavy atom. The van der Waals surface area contributed by atoms with Gasteiger partial charge in [-0.25, -0.2) is 4.39 Å². The van der Waals surface area contributed by atoms with Gasteiger partial charge in [0, 0.05) is 24.3 Å². The van der Waals surface area contributed by atoms with Crippen LogP contribution in [0.15, 0.2) is 24.3 Å². The smallest absolute Gasteiger partial charge is 0.225 e. The summed E-state index contributed by atoms with van der Waals surface area (Å²) in [6.45, 7) is 1.59. The Hall–Kier alpha value is -1.75. The first-order valence-electron chi connectivity index (χ1n) is 9.31. The number of rotatable bonds is 2. The average molecular weight is 345 g/mol. The molecule has 1 aromatic carbocycles. The Morgan fingerprint density at radius 3 is 2.48 bits per heavy atom. The average Bonchev–Trinajstić information content (AvgIpc) is 2.62. The van der Waals surface area contributed by atoms with Gasteiger partial charge in [-0.15, -0.1) is 0 Å². The molecule has 0 N–H and O–H groups in total. The predicted molar refractivity (Wildman–Crippen MR) is 90.2 cm³/mol. The number of Topliss-reactive ketones (excluding diaryl/α,β-unsaturated/α-hetero) is 1. The molecule has 2 bridgehead atoms. The molecule has 0 aromatic heterocycles. The van der Waals surface area contributed by atoms with Gasteiger partial charge in [-0.3, -0.25) is 9.59 Å². The lowest BCUT2D eigenvalue weighted by Crippen LogP contribution is -2.48. The second-order valence-electron chi connectivity index (χ2n) is 7.59. The van der Waals surface area contributed by atoms with E-state index in [0.717, 1.165) is 24.8 Å². The van der Waals surface area contributed by atoms with Crippen LogP contribution in [0.3, 0.4) is 0 Å². The van der Waals surface area contributed by atoms with Crippen molar-refractivity contribution in [1.29, 1.82) is 0 Å². The van der Waals surface area contributed by atoms with Crippen molar-refractivity contribution in [3.63, 3.8) is 0 Å². The van der Waals surface area contributed by atoms with Gasteiger partial charge in [-0.2, -0.15) is 0 Å². The Balaban J connectivity index is 1.43. The number of benzene rings is 1. The normalized spacial score (nSPS) is 32.5. The summed E-state index contributed by atoms with van der Waals surface area (Å²) in [6, 6.07) is 6.29. The Labute approximate surface area is 147 Å². The highest BCUT2D eigenvalue weighted by molar-refractivity contribution is 5.88. The van der Waals surface area contributed by atoms with Crippen molar-refractivity contribution in [3.05, 3.63) is 35.6 Å². The molecule has 2 saturated carbocycles. The molecule has 4 nitrogen and oxygen atoms in total. The third-order valence-corrected chi connectivity index (χ3v) is 6.02. The number of fused-ring (bicyclic) bond motifs is 2. The lowest BCUT2D eigenvalue weighted by molar-refractivity contribution is -0.148. The first-order chi connectivity index (χ1) is 12.1. The minimum atomic E-state index is -0.272. The number of hydrogen-bond acceptors (Lipinski definition) is 3. The highest BCUT2D eigenvalue weighted by Crippen LogP contribution is 2.41. The summed E-state index contributed by atoms with van der Waals surface area (Å²) in [5.74, 6) is 0.443. The number of morpholine rings is 1. The van der Waals surface area contributed by atoms with E-state index in [2.05, 4.69) is 0 Å². The molecule has 25 heavy (non-hydrogen) atoms. The summed E-state index contributed by atoms with van der Waals surface area (Å²) in [6.07, 6.45) is 4.23. The van der Waals surface area contributed by atoms with E-state index in [1.54, 1.807) is 12.1 Å². The molecule has 3 fully saturated rings. The van der Waals surface area contributed by atoms with Crippen LogP contribution in [-0.4, -0.2) is 36.3 Å². The maximum absolute atomic E-state index is 13.1. The van der Waals surface area contributed by atoms with Crippen LogP contribution >= 0.6 is 0 Å². The van der Waals surface area contributed by atoms with Gasteiger partial charge in [0.15, 0.2) is 0 Å². The van der Waals surface area contributed by atoms with Gasteiger partial charge >= 0.3 is 0 Å². The zero-order chi connectivity index (χ0) is 17.4. The first kappa shape index (κ1) is 16.7. The number of carbonyl (C=O) groups excluding carboxylic acids is 2. The number of hydrogen-bond donors (Lipinski definition) is 0. The van der Waals surface area contributed by atoms with Crippen molar-refractivity contribution < 1.29 is 18.7 Å². The first-order valence-corrected chi connectivity index (χ1v) is 9.31. The maximum Gasteiger partial charge on any atom is 0.225 e. The van der Waals surface area contributed by atoms with Crippen LogP contribution in [0.25, 0.3) is 0 Å². The molecule has 2 aliphatic carbocycles. The van der Waals surface area contributed by atoms with E-state index in [1.165, 1.54) is 12.1 Å². The number of amides is 1. The van der Waals surface area contributed by atoms with Crippen molar-refractivity contribution in [1.82, 2.24) is 4.90 Å². The largest absolute Gasteiger partial charge is 0.370 e. The van der Waals surface area contributed by atoms with E-state index >= 15 is 0 Å². The summed E-state index contributed by atoms with van der Waals surface area (Å²) >= 11 is 0. The topological polar surface area (TPSA) is 46.6 Å². The fourth-order valence-electron chi connectivity index (χ4n) is 4.67. The number of carbonyl (C=O) groups is 2. The van der Waals surface area contributed by atoms with E-state index in [9.17, 15) is 14.0 Å². The molecule has 134 valence electrons. The van der Waals surface area contributed by atoms with Gasteiger partial charge in [0.2, 0.25) is 5.91 Å². The van der Waals surface area contributed by atoms with Crippen molar-refractivity contribution in [2.75, 3.05) is 19.7 Å². The van der Waals surface area contributed by atoms with Crippen LogP contribution in [0.2, 0.25) is 0 Å². The molecular weight excluding hydrogens is 321 g/mol. The second kappa shape index (κ2) is 6.87. The molecular formula is C20H24FNO3. The van der Waals surface area contributed by atoms with Crippen LogP contribution in [0, 0.1) is 23.6 Å². The standard InChI is InChI=1S/C20H24FNO3/c21-17-6-4-13(5-7-17)18-12-22(8-9-25-18)20(24)16-10-14-2-1-3-15(11-16)19(14)23/h4-7,14-16,18H,1-3,8-12H2/t14-,15-,18-/m0/s1. The van der Waals surface area contributed by atoms with Crippen LogP contribution in [0.1, 0.15) is 43.8 Å². The predicted octanol–water partition coefficient (Wildman–Crippen LogP) is 3.12. The molecule has 0 radical (unpaired) electrons. The van der Waals surface area contributed by atoms with Gasteiger partial charge < -0.3 is 9.64 Å². The molecule has 0 unspecified atom stereocenters. The van der Waals surface area contributed by atoms with Gasteiger partial charge in [-0.1, -0.05) is 18.6 Å². The number of ether oxygens (including phenoxy) is 1. The summed E-state index contributed by atoms with van der Waals surface area (Å²) in [7, 11) is 0. The molecule has 1 heterocycles. The Bertz CT molecular complexity index is 643. The lowest BCUT2D eigenvalue weighted by Gasteiger charge is -2.40. The molecule has 3 aliphatic rings. The van der Waals surface area contributed by atoms with E-state index in [-0.39, 0.29) is 35.6 Å². The van der Waals surface area contributed by atoms with E-state index in [4.69, 9.17) is 4.74 Å². The summed E-state index contributed by atoms with van der Waals surface area (Å²) in [5.41, 5.74) is 0.898. The van der Waals surface area contributed by atoms with Crippen LogP contribution in [0.5, 0.6) is 0 Å².